The van der Waals surface area contributed by atoms with Gasteiger partial charge in [0.2, 0.25) is 0 Å². The van der Waals surface area contributed by atoms with Crippen molar-refractivity contribution in [2.45, 2.75) is 38.0 Å². The first-order chi connectivity index (χ1) is 15.0. The largest absolute Gasteiger partial charge is 0.452 e. The molecule has 0 unspecified atom stereocenters. The van der Waals surface area contributed by atoms with E-state index in [0.717, 1.165) is 27.5 Å². The molecule has 0 spiro atoms. The molecule has 1 heterocycles. The van der Waals surface area contributed by atoms with Crippen LogP contribution in [0.3, 0.4) is 0 Å². The molecule has 0 radical (unpaired) electrons. The Hall–Kier alpha value is -3.06. The SMILES string of the molecule is CCN(Cc1ccccc1)C(=O)COC(=O)c1ccccc1SCc1c(C)noc1C. The van der Waals surface area contributed by atoms with Crippen LogP contribution < -0.4 is 0 Å². The van der Waals surface area contributed by atoms with Gasteiger partial charge in [-0.1, -0.05) is 47.6 Å². The smallest absolute Gasteiger partial charge is 0.339 e. The minimum atomic E-state index is -0.508. The van der Waals surface area contributed by atoms with E-state index in [1.165, 1.54) is 11.8 Å². The lowest BCUT2D eigenvalue weighted by Gasteiger charge is -2.21. The highest BCUT2D eigenvalue weighted by Gasteiger charge is 2.18. The lowest BCUT2D eigenvalue weighted by atomic mass is 10.2. The molecule has 3 rings (SSSR count). The molecule has 31 heavy (non-hydrogen) atoms. The lowest BCUT2D eigenvalue weighted by molar-refractivity contribution is -0.134. The number of hydrogen-bond acceptors (Lipinski definition) is 6. The number of carbonyl (C=O) groups is 2. The van der Waals surface area contributed by atoms with Gasteiger partial charge in [0, 0.05) is 29.3 Å². The van der Waals surface area contributed by atoms with Gasteiger partial charge < -0.3 is 14.2 Å². The number of benzene rings is 2. The molecule has 0 bridgehead atoms. The Morgan fingerprint density at radius 1 is 1.06 bits per heavy atom. The second-order valence-corrected chi connectivity index (χ2v) is 8.07. The number of amides is 1. The van der Waals surface area contributed by atoms with E-state index in [0.29, 0.717) is 24.4 Å². The Kier molecular flexibility index (Phi) is 7.89. The predicted molar refractivity (Wildman–Crippen MR) is 120 cm³/mol. The van der Waals surface area contributed by atoms with E-state index in [1.54, 1.807) is 17.0 Å². The molecule has 0 fully saturated rings. The van der Waals surface area contributed by atoms with E-state index < -0.39 is 5.97 Å². The van der Waals surface area contributed by atoms with E-state index in [1.807, 2.05) is 63.2 Å². The van der Waals surface area contributed by atoms with Crippen LogP contribution in [0.1, 0.15) is 39.9 Å². The second-order valence-electron chi connectivity index (χ2n) is 7.06. The summed E-state index contributed by atoms with van der Waals surface area (Å²) in [6.07, 6.45) is 0. The van der Waals surface area contributed by atoms with Crippen molar-refractivity contribution in [3.8, 4) is 0 Å². The summed E-state index contributed by atoms with van der Waals surface area (Å²) in [7, 11) is 0. The topological polar surface area (TPSA) is 72.6 Å². The van der Waals surface area contributed by atoms with Crippen molar-refractivity contribution in [2.24, 2.45) is 0 Å². The molecule has 0 atom stereocenters. The zero-order valence-corrected chi connectivity index (χ0v) is 18.8. The first-order valence-electron chi connectivity index (χ1n) is 10.1. The fourth-order valence-corrected chi connectivity index (χ4v) is 4.29. The number of nitrogens with zero attached hydrogens (tertiary/aromatic N) is 2. The van der Waals surface area contributed by atoms with Crippen molar-refractivity contribution in [3.63, 3.8) is 0 Å². The normalized spacial score (nSPS) is 10.7. The van der Waals surface area contributed by atoms with Crippen LogP contribution in [-0.2, 0) is 21.8 Å². The number of carbonyl (C=O) groups excluding carboxylic acids is 2. The summed E-state index contributed by atoms with van der Waals surface area (Å²) in [5, 5.41) is 3.97. The molecule has 162 valence electrons. The zero-order chi connectivity index (χ0) is 22.2. The van der Waals surface area contributed by atoms with Crippen LogP contribution in [0, 0.1) is 13.8 Å². The molecule has 7 heteroatoms. The third-order valence-corrected chi connectivity index (χ3v) is 6.04. The van der Waals surface area contributed by atoms with Gasteiger partial charge in [-0.05, 0) is 38.5 Å². The molecule has 3 aromatic rings. The van der Waals surface area contributed by atoms with E-state index in [9.17, 15) is 9.59 Å². The Bertz CT molecular complexity index is 1010. The summed E-state index contributed by atoms with van der Waals surface area (Å²) >= 11 is 1.51. The molecule has 6 nitrogen and oxygen atoms in total. The molecule has 0 N–H and O–H groups in total. The Morgan fingerprint density at radius 2 is 1.77 bits per heavy atom. The number of hydrogen-bond donors (Lipinski definition) is 0. The van der Waals surface area contributed by atoms with Crippen LogP contribution in [-0.4, -0.2) is 35.1 Å². The van der Waals surface area contributed by atoms with Gasteiger partial charge in [-0.15, -0.1) is 11.8 Å². The summed E-state index contributed by atoms with van der Waals surface area (Å²) in [5.41, 5.74) is 3.33. The first-order valence-corrected chi connectivity index (χ1v) is 11.1. The average molecular weight is 439 g/mol. The Balaban J connectivity index is 1.60. The average Bonchev–Trinajstić information content (AvgIpc) is 3.12. The molecule has 0 aliphatic heterocycles. The molecule has 0 aliphatic rings. The number of rotatable bonds is 9. The van der Waals surface area contributed by atoms with E-state index in [-0.39, 0.29) is 12.5 Å². The third-order valence-electron chi connectivity index (χ3n) is 4.94. The summed E-state index contributed by atoms with van der Waals surface area (Å²) in [5.74, 6) is 0.672. The lowest BCUT2D eigenvalue weighted by Crippen LogP contribution is -2.34. The third kappa shape index (κ3) is 5.98. The summed E-state index contributed by atoms with van der Waals surface area (Å²) in [6.45, 7) is 6.40. The van der Waals surface area contributed by atoms with Crippen LogP contribution in [0.15, 0.2) is 64.0 Å². The van der Waals surface area contributed by atoms with Gasteiger partial charge in [-0.25, -0.2) is 4.79 Å². The maximum Gasteiger partial charge on any atom is 0.339 e. The maximum atomic E-state index is 12.7. The summed E-state index contributed by atoms with van der Waals surface area (Å²) in [4.78, 5) is 27.7. The van der Waals surface area contributed by atoms with Crippen molar-refractivity contribution in [2.75, 3.05) is 13.2 Å². The van der Waals surface area contributed by atoms with Crippen molar-refractivity contribution >= 4 is 23.6 Å². The number of aromatic nitrogens is 1. The summed E-state index contributed by atoms with van der Waals surface area (Å²) < 4.78 is 10.6. The van der Waals surface area contributed by atoms with Crippen LogP contribution >= 0.6 is 11.8 Å². The van der Waals surface area contributed by atoms with Gasteiger partial charge in [0.25, 0.3) is 5.91 Å². The van der Waals surface area contributed by atoms with Crippen molar-refractivity contribution in [1.29, 1.82) is 0 Å². The molecule has 1 amide bonds. The minimum absolute atomic E-state index is 0.222. The van der Waals surface area contributed by atoms with Gasteiger partial charge in [0.05, 0.1) is 11.3 Å². The number of esters is 1. The van der Waals surface area contributed by atoms with Gasteiger partial charge in [-0.2, -0.15) is 0 Å². The fraction of sp³-hybridized carbons (Fsp3) is 0.292. The standard InChI is InChI=1S/C24H26N2O4S/c1-4-26(14-19-10-6-5-7-11-19)23(27)15-29-24(28)20-12-8-9-13-22(20)31-16-21-17(2)25-30-18(21)3/h5-13H,4,14-16H2,1-3H3. The van der Waals surface area contributed by atoms with Crippen molar-refractivity contribution < 1.29 is 18.8 Å². The molecule has 2 aromatic carbocycles. The van der Waals surface area contributed by atoms with Gasteiger partial charge >= 0.3 is 5.97 Å². The highest BCUT2D eigenvalue weighted by Crippen LogP contribution is 2.29. The van der Waals surface area contributed by atoms with Crippen molar-refractivity contribution in [1.82, 2.24) is 10.1 Å². The minimum Gasteiger partial charge on any atom is -0.452 e. The van der Waals surface area contributed by atoms with Crippen LogP contribution in [0.25, 0.3) is 0 Å². The summed E-state index contributed by atoms with van der Waals surface area (Å²) in [6, 6.07) is 17.0. The molecule has 0 saturated heterocycles. The van der Waals surface area contributed by atoms with Crippen LogP contribution in [0.5, 0.6) is 0 Å². The number of aryl methyl sites for hydroxylation is 2. The van der Waals surface area contributed by atoms with Crippen molar-refractivity contribution in [3.05, 3.63) is 82.7 Å². The number of likely N-dealkylation sites (N-methyl/N-ethyl adjacent to an activating group) is 1. The quantitative estimate of drug-likeness (QED) is 0.353. The number of ether oxygens (including phenoxy) is 1. The second kappa shape index (κ2) is 10.8. The highest BCUT2D eigenvalue weighted by molar-refractivity contribution is 7.98. The molecule has 0 aliphatic carbocycles. The van der Waals surface area contributed by atoms with Gasteiger partial charge in [-0.3, -0.25) is 4.79 Å². The molecule has 1 aromatic heterocycles. The maximum absolute atomic E-state index is 12.7. The van der Waals surface area contributed by atoms with Crippen LogP contribution in [0.4, 0.5) is 0 Å². The monoisotopic (exact) mass is 438 g/mol. The zero-order valence-electron chi connectivity index (χ0n) is 18.0. The molecular weight excluding hydrogens is 412 g/mol. The number of thioether (sulfide) groups is 1. The molecule has 0 saturated carbocycles. The van der Waals surface area contributed by atoms with Gasteiger partial charge in [0.1, 0.15) is 5.76 Å². The molecular formula is C24H26N2O4S. The predicted octanol–water partition coefficient (Wildman–Crippen LogP) is 4.79. The Morgan fingerprint density at radius 3 is 2.45 bits per heavy atom. The van der Waals surface area contributed by atoms with E-state index in [4.69, 9.17) is 9.26 Å². The van der Waals surface area contributed by atoms with E-state index in [2.05, 4.69) is 5.16 Å². The van der Waals surface area contributed by atoms with Gasteiger partial charge in [0.15, 0.2) is 6.61 Å². The Labute approximate surface area is 186 Å². The fourth-order valence-electron chi connectivity index (χ4n) is 3.10. The van der Waals surface area contributed by atoms with Crippen LogP contribution in [0.2, 0.25) is 0 Å². The highest BCUT2D eigenvalue weighted by atomic mass is 32.2. The first kappa shape index (κ1) is 22.6. The van der Waals surface area contributed by atoms with E-state index >= 15 is 0 Å².